The first kappa shape index (κ1) is 83.0. The fourth-order valence-corrected chi connectivity index (χ4v) is 25.1. The lowest BCUT2D eigenvalue weighted by atomic mass is 9.75. The zero-order valence-corrected chi connectivity index (χ0v) is 80.1. The number of aromatic nitrogens is 5. The first-order chi connectivity index (χ1) is 72.2. The molecule has 7 heterocycles. The summed E-state index contributed by atoms with van der Waals surface area (Å²) in [5, 5.41) is 12.3. The molecule has 0 bridgehead atoms. The maximum Gasteiger partial charge on any atom is 0.0655 e. The van der Waals surface area contributed by atoms with Gasteiger partial charge in [-0.05, 0) is 325 Å². The van der Waals surface area contributed by atoms with Gasteiger partial charge in [-0.1, -0.05) is 309 Å². The van der Waals surface area contributed by atoms with E-state index >= 15 is 0 Å². The Morgan fingerprint density at radius 2 is 0.445 bits per heavy atom. The molecular weight excluding hydrogens is 1770 g/mol. The molecule has 4 unspecified atom stereocenters. The van der Waals surface area contributed by atoms with Crippen LogP contribution in [0.15, 0.2) is 528 Å². The van der Waals surface area contributed by atoms with Crippen molar-refractivity contribution in [1.29, 1.82) is 0 Å². The Kier molecular flexibility index (Phi) is 18.7. The van der Waals surface area contributed by atoms with Crippen LogP contribution in [-0.4, -0.2) is 34.9 Å². The number of nitrogens with zero attached hydrogens (tertiary/aromatic N) is 7. The number of para-hydroxylation sites is 7. The van der Waals surface area contributed by atoms with E-state index in [4.69, 9.17) is 0 Å². The van der Waals surface area contributed by atoms with Crippen LogP contribution < -0.4 is 9.80 Å². The summed E-state index contributed by atoms with van der Waals surface area (Å²) in [6.07, 6.45) is 18.5. The average molecular weight is 1860 g/mol. The molecule has 0 amide bonds. The molecule has 0 saturated carbocycles. The quantitative estimate of drug-likeness (QED) is 0.102. The van der Waals surface area contributed by atoms with Gasteiger partial charge in [0.1, 0.15) is 0 Å². The van der Waals surface area contributed by atoms with Crippen molar-refractivity contribution in [2.45, 2.75) is 30.3 Å². The van der Waals surface area contributed by atoms with Crippen molar-refractivity contribution in [1.82, 2.24) is 22.8 Å². The molecule has 0 fully saturated rings. The van der Waals surface area contributed by atoms with Crippen molar-refractivity contribution in [3.8, 4) is 117 Å². The minimum absolute atomic E-state index is 0.0503. The predicted octanol–water partition coefficient (Wildman–Crippen LogP) is 36.1. The molecule has 0 spiro atoms. The van der Waals surface area contributed by atoms with Gasteiger partial charge in [0.25, 0.3) is 0 Å². The number of allylic oxidation sites excluding steroid dienone is 4. The molecule has 684 valence electrons. The average Bonchev–Trinajstić information content (AvgIpc) is 1.51. The van der Waals surface area contributed by atoms with Crippen molar-refractivity contribution in [3.05, 3.63) is 539 Å². The smallest absolute Gasteiger partial charge is 0.0655 e. The van der Waals surface area contributed by atoms with E-state index in [1.165, 1.54) is 221 Å². The third kappa shape index (κ3) is 13.1. The Balaban J connectivity index is 0.437. The number of hydrogen-bond donors (Lipinski definition) is 0. The molecular formula is C139H93N7. The van der Waals surface area contributed by atoms with Crippen LogP contribution in [0.3, 0.4) is 0 Å². The van der Waals surface area contributed by atoms with E-state index in [0.29, 0.717) is 0 Å². The summed E-state index contributed by atoms with van der Waals surface area (Å²) in [5.74, 6) is 0.190. The number of rotatable bonds is 15. The molecule has 2 aliphatic carbocycles. The Hall–Kier alpha value is -18.8. The lowest BCUT2D eigenvalue weighted by molar-refractivity contribution is 0.551. The molecule has 0 radical (unpaired) electrons. The molecule has 7 nitrogen and oxygen atoms in total. The van der Waals surface area contributed by atoms with E-state index < -0.39 is 0 Å². The number of fused-ring (bicyclic) bond motifs is 21. The van der Waals surface area contributed by atoms with E-state index in [-0.39, 0.29) is 23.4 Å². The van der Waals surface area contributed by atoms with Crippen molar-refractivity contribution in [2.75, 3.05) is 9.80 Å². The Morgan fingerprint density at radius 3 is 0.836 bits per heavy atom. The first-order valence-corrected chi connectivity index (χ1v) is 50.8. The predicted molar refractivity (Wildman–Crippen MR) is 613 cm³/mol. The second-order valence-electron chi connectivity index (χ2n) is 40.0. The van der Waals surface area contributed by atoms with Gasteiger partial charge in [0, 0.05) is 116 Å². The van der Waals surface area contributed by atoms with E-state index in [2.05, 4.69) is 567 Å². The van der Waals surface area contributed by atoms with Gasteiger partial charge in [0.05, 0.1) is 67.3 Å². The van der Waals surface area contributed by atoms with Crippen LogP contribution in [0.2, 0.25) is 0 Å². The number of anilines is 4. The summed E-state index contributed by atoms with van der Waals surface area (Å²) in [6.45, 7) is 2.42. The fraction of sp³-hybridized carbons (Fsp3) is 0.0360. The third-order valence-corrected chi connectivity index (χ3v) is 32.0. The molecule has 30 rings (SSSR count). The van der Waals surface area contributed by atoms with Gasteiger partial charge in [-0.15, -0.1) is 0 Å². The molecule has 7 heteroatoms. The van der Waals surface area contributed by atoms with E-state index in [9.17, 15) is 0 Å². The van der Waals surface area contributed by atoms with Crippen LogP contribution in [0.1, 0.15) is 24.0 Å². The van der Waals surface area contributed by atoms with Gasteiger partial charge in [-0.25, -0.2) is 0 Å². The largest absolute Gasteiger partial charge is 0.333 e. The van der Waals surface area contributed by atoms with Crippen molar-refractivity contribution >= 4 is 132 Å². The van der Waals surface area contributed by atoms with Gasteiger partial charge in [-0.3, -0.25) is 0 Å². The Labute approximate surface area is 845 Å². The minimum Gasteiger partial charge on any atom is -0.333 e. The third-order valence-electron chi connectivity index (χ3n) is 32.0. The molecule has 26 aromatic rings. The van der Waals surface area contributed by atoms with Crippen molar-refractivity contribution in [2.24, 2.45) is 0 Å². The highest BCUT2D eigenvalue weighted by Gasteiger charge is 2.47. The molecule has 2 aliphatic heterocycles. The van der Waals surface area contributed by atoms with Gasteiger partial charge in [0.15, 0.2) is 0 Å². The molecule has 0 saturated heterocycles. The van der Waals surface area contributed by atoms with Crippen LogP contribution in [0.4, 0.5) is 22.7 Å². The first-order valence-electron chi connectivity index (χ1n) is 50.8. The summed E-state index contributed by atoms with van der Waals surface area (Å²) in [6, 6.07) is 179. The molecule has 0 N–H and O–H groups in total. The molecule has 5 aromatic heterocycles. The summed E-state index contributed by atoms with van der Waals surface area (Å²) in [4.78, 5) is 5.15. The topological polar surface area (TPSA) is 31.1 Å². The molecule has 21 aromatic carbocycles. The summed E-state index contributed by atoms with van der Waals surface area (Å²) >= 11 is 0. The van der Waals surface area contributed by atoms with Crippen LogP contribution in [0.25, 0.3) is 226 Å². The molecule has 4 atom stereocenters. The minimum atomic E-state index is -0.309. The highest BCUT2D eigenvalue weighted by molar-refractivity contribution is 6.16. The van der Waals surface area contributed by atoms with Crippen molar-refractivity contribution < 1.29 is 0 Å². The van der Waals surface area contributed by atoms with Gasteiger partial charge in [0.2, 0.25) is 0 Å². The van der Waals surface area contributed by atoms with Gasteiger partial charge >= 0.3 is 0 Å². The normalized spacial score (nSPS) is 15.7. The lowest BCUT2D eigenvalue weighted by Crippen LogP contribution is -2.39. The van der Waals surface area contributed by atoms with E-state index in [1.54, 1.807) is 0 Å². The lowest BCUT2D eigenvalue weighted by Gasteiger charge is -2.34. The number of benzene rings is 21. The summed E-state index contributed by atoms with van der Waals surface area (Å²) in [7, 11) is 0. The zero-order chi connectivity index (χ0) is 95.9. The fourth-order valence-electron chi connectivity index (χ4n) is 25.1. The van der Waals surface area contributed by atoms with Crippen molar-refractivity contribution in [3.63, 3.8) is 0 Å². The summed E-state index contributed by atoms with van der Waals surface area (Å²) < 4.78 is 12.1. The van der Waals surface area contributed by atoms with Crippen LogP contribution in [-0.2, 0) is 5.41 Å². The second-order valence-corrected chi connectivity index (χ2v) is 40.0. The maximum absolute atomic E-state index is 2.58. The molecule has 146 heavy (non-hydrogen) atoms. The van der Waals surface area contributed by atoms with Crippen LogP contribution in [0.5, 0.6) is 0 Å². The maximum atomic E-state index is 2.58. The SMILES string of the molecule is CC12C=CC=CC1N(c1cccc(-c3ccc4c(c3)c3ccccc3n4-c3cccc(-c4ccc5c(c4)C4C=CC=CC4N5c4cccc(-c5ccc6c(c5)c5ccccc5n6-c5ccccc5)c4)c3)c1)c1ccc(-c3cccc(-n4c5ccccc5c5cc(-c6cccc(-c7ccc8c(c7)c7cc(-c9cccc(-c%10ccc%11c(c%10)c%10ccccc%10n%11-c%10ccccc%10)c9)ccc7n8-c7ccccc7)c6)ccc54)c3)cc12. The monoisotopic (exact) mass is 1860 g/mol. The standard InChI is InChI=1S/C139H93N7/c1-139-74-22-21-57-138(139)146(111-46-28-35-95(80-111)103-64-70-134-121(85-103)116-51-15-20-56-129(116)144(134)109-44-26-34-94(78-109)102-63-69-133-120(84-102)115-50-14-19-55-128(115)143(133)108-43-25-33-93(77-108)101-62-67-131-118(83-101)113-48-12-17-53-126(113)141(131)106-39-7-3-8-40-106)137-73-65-104(88-124(137)139)96-36-27-45-110(79-96)145-127-54-18-13-49-114(127)119-82-98(59-68-132(119)145)90-30-24-32-92(76-90)100-61-72-136-123(87-100)122-86-99(60-71-135(122)142(136)107-41-9-4-10-42-107)91-31-23-29-89(75-91)97-58-66-130-117(81-97)112-47-11-16-52-125(112)140(130)105-37-5-2-6-38-105/h2-88,115,128,138H,1H3. The molecule has 4 aliphatic rings. The van der Waals surface area contributed by atoms with Gasteiger partial charge in [-0.2, -0.15) is 0 Å². The van der Waals surface area contributed by atoms with E-state index in [1.807, 2.05) is 0 Å². The van der Waals surface area contributed by atoms with E-state index in [0.717, 1.165) is 39.6 Å². The van der Waals surface area contributed by atoms with Gasteiger partial charge < -0.3 is 32.6 Å². The number of hydrogen-bond acceptors (Lipinski definition) is 2. The highest BCUT2D eigenvalue weighted by Crippen LogP contribution is 2.56. The Morgan fingerprint density at radius 1 is 0.178 bits per heavy atom. The highest BCUT2D eigenvalue weighted by atomic mass is 15.2. The summed E-state index contributed by atoms with van der Waals surface area (Å²) in [5.41, 5.74) is 43.5. The zero-order valence-electron chi connectivity index (χ0n) is 80.1. The Bertz CT molecular complexity index is 10100. The second kappa shape index (κ2) is 32.9. The van der Waals surface area contributed by atoms with Crippen LogP contribution >= 0.6 is 0 Å². The van der Waals surface area contributed by atoms with Crippen LogP contribution in [0, 0.1) is 0 Å².